The first-order valence-corrected chi connectivity index (χ1v) is 9.08. The van der Waals surface area contributed by atoms with E-state index >= 15 is 0 Å². The van der Waals surface area contributed by atoms with Gasteiger partial charge in [-0.3, -0.25) is 9.20 Å². The summed E-state index contributed by atoms with van der Waals surface area (Å²) < 4.78 is 32.8. The molecule has 1 aliphatic rings. The molecule has 4 aromatic heterocycles. The molecule has 0 spiro atoms. The summed E-state index contributed by atoms with van der Waals surface area (Å²) in [6, 6.07) is 8.85. The van der Waals surface area contributed by atoms with E-state index in [9.17, 15) is 13.6 Å². The maximum absolute atomic E-state index is 13.0. The number of imidazole rings is 1. The standard InChI is InChI=1S/C19H15F2N7O2/c1-11-5-6-12(16-25-18(30-26-16)27-9-19(20,21)10-27)23-15(11)24-17(29)13-8-22-14-4-2-3-7-28(13)14/h2-8H,9-10H2,1H3,(H,23,24,29). The van der Waals surface area contributed by atoms with Crippen LogP contribution in [0.2, 0.25) is 0 Å². The Hall–Kier alpha value is -3.89. The number of fused-ring (bicyclic) bond motifs is 1. The van der Waals surface area contributed by atoms with Crippen molar-refractivity contribution < 1.29 is 18.1 Å². The van der Waals surface area contributed by atoms with E-state index in [-0.39, 0.29) is 17.7 Å². The third-order valence-electron chi connectivity index (χ3n) is 4.74. The van der Waals surface area contributed by atoms with Crippen LogP contribution >= 0.6 is 0 Å². The van der Waals surface area contributed by atoms with Crippen LogP contribution in [-0.4, -0.2) is 49.4 Å². The first-order valence-electron chi connectivity index (χ1n) is 9.08. The van der Waals surface area contributed by atoms with Gasteiger partial charge in [-0.2, -0.15) is 4.98 Å². The van der Waals surface area contributed by atoms with E-state index in [1.165, 1.54) is 11.1 Å². The molecule has 1 saturated heterocycles. The number of rotatable bonds is 4. The van der Waals surface area contributed by atoms with Crippen LogP contribution in [0.25, 0.3) is 17.2 Å². The maximum Gasteiger partial charge on any atom is 0.324 e. The number of halogens is 2. The fourth-order valence-corrected chi connectivity index (χ4v) is 3.15. The summed E-state index contributed by atoms with van der Waals surface area (Å²) in [5, 5.41) is 6.59. The number of carbonyl (C=O) groups is 1. The van der Waals surface area contributed by atoms with Gasteiger partial charge in [-0.25, -0.2) is 18.7 Å². The van der Waals surface area contributed by atoms with Gasteiger partial charge in [0, 0.05) is 6.20 Å². The number of anilines is 2. The van der Waals surface area contributed by atoms with Crippen molar-refractivity contribution in [3.05, 3.63) is 54.0 Å². The molecule has 0 aromatic carbocycles. The van der Waals surface area contributed by atoms with Crippen LogP contribution < -0.4 is 10.2 Å². The second kappa shape index (κ2) is 6.58. The highest BCUT2D eigenvalue weighted by molar-refractivity contribution is 6.03. The topological polar surface area (TPSA) is 101 Å². The van der Waals surface area contributed by atoms with Crippen molar-refractivity contribution in [1.82, 2.24) is 24.5 Å². The number of hydrogen-bond donors (Lipinski definition) is 1. The van der Waals surface area contributed by atoms with Crippen molar-refractivity contribution in [2.45, 2.75) is 12.8 Å². The van der Waals surface area contributed by atoms with E-state index < -0.39 is 19.0 Å². The Kier molecular flexibility index (Phi) is 3.98. The number of alkyl halides is 2. The lowest BCUT2D eigenvalue weighted by atomic mass is 10.2. The van der Waals surface area contributed by atoms with E-state index in [1.807, 2.05) is 6.07 Å². The smallest absolute Gasteiger partial charge is 0.315 e. The van der Waals surface area contributed by atoms with E-state index in [1.54, 1.807) is 41.8 Å². The quantitative estimate of drug-likeness (QED) is 0.551. The van der Waals surface area contributed by atoms with E-state index in [2.05, 4.69) is 25.4 Å². The Bertz CT molecular complexity index is 1260. The highest BCUT2D eigenvalue weighted by Crippen LogP contribution is 2.31. The summed E-state index contributed by atoms with van der Waals surface area (Å²) in [4.78, 5) is 26.8. The maximum atomic E-state index is 13.0. The first kappa shape index (κ1) is 18.2. The monoisotopic (exact) mass is 411 g/mol. The number of nitrogens with one attached hydrogen (secondary N) is 1. The van der Waals surface area contributed by atoms with E-state index in [0.29, 0.717) is 22.9 Å². The van der Waals surface area contributed by atoms with Crippen molar-refractivity contribution in [3.63, 3.8) is 0 Å². The minimum atomic E-state index is -2.74. The second-order valence-electron chi connectivity index (χ2n) is 7.00. The number of nitrogens with zero attached hydrogens (tertiary/aromatic N) is 6. The largest absolute Gasteiger partial charge is 0.324 e. The highest BCUT2D eigenvalue weighted by Gasteiger charge is 2.46. The van der Waals surface area contributed by atoms with Gasteiger partial charge >= 0.3 is 6.01 Å². The number of aryl methyl sites for hydroxylation is 1. The first-order chi connectivity index (χ1) is 14.4. The molecule has 0 saturated carbocycles. The molecule has 1 fully saturated rings. The molecule has 0 radical (unpaired) electrons. The Balaban J connectivity index is 1.39. The van der Waals surface area contributed by atoms with Crippen molar-refractivity contribution in [2.24, 2.45) is 0 Å². The molecule has 11 heteroatoms. The summed E-state index contributed by atoms with van der Waals surface area (Å²) in [5.74, 6) is -2.65. The summed E-state index contributed by atoms with van der Waals surface area (Å²) >= 11 is 0. The molecule has 0 unspecified atom stereocenters. The Labute approximate surface area is 168 Å². The highest BCUT2D eigenvalue weighted by atomic mass is 19.3. The lowest BCUT2D eigenvalue weighted by molar-refractivity contribution is -0.0293. The molecule has 30 heavy (non-hydrogen) atoms. The van der Waals surface area contributed by atoms with E-state index in [4.69, 9.17) is 4.52 Å². The third kappa shape index (κ3) is 3.13. The molecule has 0 aliphatic carbocycles. The molecule has 1 aliphatic heterocycles. The molecule has 9 nitrogen and oxygen atoms in total. The lowest BCUT2D eigenvalue weighted by Gasteiger charge is -2.36. The SMILES string of the molecule is Cc1ccc(-c2noc(N3CC(F)(F)C3)n2)nc1NC(=O)c1cnc2ccccn12. The third-order valence-corrected chi connectivity index (χ3v) is 4.74. The van der Waals surface area contributed by atoms with Gasteiger partial charge in [-0.05, 0) is 30.7 Å². The van der Waals surface area contributed by atoms with Crippen LogP contribution in [0.4, 0.5) is 20.6 Å². The molecule has 1 N–H and O–H groups in total. The molecule has 1 amide bonds. The summed E-state index contributed by atoms with van der Waals surface area (Å²) in [6.07, 6.45) is 3.23. The second-order valence-corrected chi connectivity index (χ2v) is 7.00. The zero-order chi connectivity index (χ0) is 20.9. The number of hydrogen-bond acceptors (Lipinski definition) is 7. The van der Waals surface area contributed by atoms with Gasteiger partial charge in [-0.15, -0.1) is 0 Å². The minimum Gasteiger partial charge on any atom is -0.315 e. The van der Waals surface area contributed by atoms with Crippen molar-refractivity contribution in [3.8, 4) is 11.5 Å². The zero-order valence-corrected chi connectivity index (χ0v) is 15.7. The Morgan fingerprint density at radius 1 is 1.20 bits per heavy atom. The van der Waals surface area contributed by atoms with Crippen LogP contribution in [0.1, 0.15) is 16.1 Å². The summed E-state index contributed by atoms with van der Waals surface area (Å²) in [7, 11) is 0. The van der Waals surface area contributed by atoms with Gasteiger partial charge in [-0.1, -0.05) is 17.3 Å². The Morgan fingerprint density at radius 2 is 2.03 bits per heavy atom. The molecule has 5 rings (SSSR count). The van der Waals surface area contributed by atoms with Crippen LogP contribution in [0.5, 0.6) is 0 Å². The Morgan fingerprint density at radius 3 is 2.83 bits per heavy atom. The summed E-state index contributed by atoms with van der Waals surface area (Å²) in [5.41, 5.74) is 2.08. The van der Waals surface area contributed by atoms with Gasteiger partial charge in [0.1, 0.15) is 22.9 Å². The average molecular weight is 411 g/mol. The molecule has 4 aromatic rings. The van der Waals surface area contributed by atoms with Gasteiger partial charge in [0.2, 0.25) is 5.82 Å². The van der Waals surface area contributed by atoms with Gasteiger partial charge in [0.05, 0.1) is 19.3 Å². The summed E-state index contributed by atoms with van der Waals surface area (Å²) in [6.45, 7) is 0.873. The predicted octanol–water partition coefficient (Wildman–Crippen LogP) is 2.80. The molecule has 5 heterocycles. The van der Waals surface area contributed by atoms with Crippen molar-refractivity contribution in [1.29, 1.82) is 0 Å². The zero-order valence-electron chi connectivity index (χ0n) is 15.7. The number of aromatic nitrogens is 5. The van der Waals surface area contributed by atoms with Crippen molar-refractivity contribution >= 4 is 23.4 Å². The predicted molar refractivity (Wildman–Crippen MR) is 103 cm³/mol. The van der Waals surface area contributed by atoms with Crippen LogP contribution in [-0.2, 0) is 0 Å². The molecular formula is C19H15F2N7O2. The fraction of sp³-hybridized carbons (Fsp3) is 0.211. The van der Waals surface area contributed by atoms with Gasteiger partial charge < -0.3 is 14.7 Å². The van der Waals surface area contributed by atoms with Crippen molar-refractivity contribution in [2.75, 3.05) is 23.3 Å². The number of pyridine rings is 2. The number of carbonyl (C=O) groups excluding carboxylic acids is 1. The average Bonchev–Trinajstić information content (AvgIpc) is 3.35. The number of amides is 1. The lowest BCUT2D eigenvalue weighted by Crippen LogP contribution is -2.56. The normalized spacial score (nSPS) is 15.2. The molecule has 0 atom stereocenters. The molecule has 0 bridgehead atoms. The molecular weight excluding hydrogens is 396 g/mol. The van der Waals surface area contributed by atoms with Crippen LogP contribution in [0, 0.1) is 6.92 Å². The van der Waals surface area contributed by atoms with Crippen LogP contribution in [0.3, 0.4) is 0 Å². The minimum absolute atomic E-state index is 0.00890. The van der Waals surface area contributed by atoms with E-state index in [0.717, 1.165) is 5.56 Å². The fourth-order valence-electron chi connectivity index (χ4n) is 3.15. The van der Waals surface area contributed by atoms with Gasteiger partial charge in [0.25, 0.3) is 11.8 Å². The van der Waals surface area contributed by atoms with Gasteiger partial charge in [0.15, 0.2) is 0 Å². The van der Waals surface area contributed by atoms with Crippen LogP contribution in [0.15, 0.2) is 47.2 Å². The molecule has 152 valence electrons.